The summed E-state index contributed by atoms with van der Waals surface area (Å²) in [6.45, 7) is 1.47. The number of hydrogen-bond acceptors (Lipinski definition) is 1. The standard InChI is InChI=1S/C20H19Cl2N3O/c21-15-1-4-17(5-2-15)23-20(26)25-9-7-13(8-10-25)19-12-14-11-16(22)3-6-18(14)24-19/h1-6,11-13,24H,7-10H2,(H,23,26). The quantitative estimate of drug-likeness (QED) is 0.565. The van der Waals surface area contributed by atoms with Crippen molar-refractivity contribution in [3.05, 3.63) is 64.3 Å². The number of likely N-dealkylation sites (tertiary alicyclic amines) is 1. The van der Waals surface area contributed by atoms with Crippen molar-refractivity contribution in [3.8, 4) is 0 Å². The van der Waals surface area contributed by atoms with Gasteiger partial charge in [-0.2, -0.15) is 0 Å². The highest BCUT2D eigenvalue weighted by atomic mass is 35.5. The lowest BCUT2D eigenvalue weighted by atomic mass is 9.94. The third-order valence-corrected chi connectivity index (χ3v) is 5.41. The molecule has 2 N–H and O–H groups in total. The van der Waals surface area contributed by atoms with Crippen molar-refractivity contribution in [3.63, 3.8) is 0 Å². The topological polar surface area (TPSA) is 48.1 Å². The highest BCUT2D eigenvalue weighted by Gasteiger charge is 2.25. The minimum absolute atomic E-state index is 0.0609. The normalized spacial score (nSPS) is 15.4. The second-order valence-electron chi connectivity index (χ2n) is 6.65. The fourth-order valence-corrected chi connectivity index (χ4v) is 3.78. The van der Waals surface area contributed by atoms with Crippen LogP contribution >= 0.6 is 23.2 Å². The fraction of sp³-hybridized carbons (Fsp3) is 0.250. The predicted molar refractivity (Wildman–Crippen MR) is 107 cm³/mol. The first-order chi connectivity index (χ1) is 12.6. The zero-order valence-corrected chi connectivity index (χ0v) is 15.6. The summed E-state index contributed by atoms with van der Waals surface area (Å²) >= 11 is 11.9. The molecule has 1 aliphatic rings. The predicted octanol–water partition coefficient (Wildman–Crippen LogP) is 5.89. The third-order valence-electron chi connectivity index (χ3n) is 4.92. The lowest BCUT2D eigenvalue weighted by Crippen LogP contribution is -2.40. The van der Waals surface area contributed by atoms with Gasteiger partial charge in [-0.1, -0.05) is 23.2 Å². The van der Waals surface area contributed by atoms with Gasteiger partial charge in [0.25, 0.3) is 0 Å². The Morgan fingerprint density at radius 3 is 2.42 bits per heavy atom. The highest BCUT2D eigenvalue weighted by molar-refractivity contribution is 6.31. The van der Waals surface area contributed by atoms with Gasteiger partial charge in [0.15, 0.2) is 0 Å². The number of aromatic amines is 1. The molecule has 4 rings (SSSR count). The van der Waals surface area contributed by atoms with Crippen molar-refractivity contribution in [2.45, 2.75) is 18.8 Å². The highest BCUT2D eigenvalue weighted by Crippen LogP contribution is 2.31. The van der Waals surface area contributed by atoms with Crippen molar-refractivity contribution >= 4 is 45.8 Å². The van der Waals surface area contributed by atoms with E-state index in [2.05, 4.69) is 16.4 Å². The number of hydrogen-bond donors (Lipinski definition) is 2. The van der Waals surface area contributed by atoms with Gasteiger partial charge < -0.3 is 15.2 Å². The molecule has 1 saturated heterocycles. The van der Waals surface area contributed by atoms with Gasteiger partial charge in [-0.15, -0.1) is 0 Å². The maximum atomic E-state index is 12.4. The summed E-state index contributed by atoms with van der Waals surface area (Å²) in [5.41, 5.74) is 3.08. The van der Waals surface area contributed by atoms with E-state index < -0.39 is 0 Å². The van der Waals surface area contributed by atoms with Crippen molar-refractivity contribution in [1.82, 2.24) is 9.88 Å². The SMILES string of the molecule is O=C(Nc1ccc(Cl)cc1)N1CCC(c2cc3cc(Cl)ccc3[nH]2)CC1. The molecular formula is C20H19Cl2N3O. The molecule has 0 atom stereocenters. The lowest BCUT2D eigenvalue weighted by Gasteiger charge is -2.31. The number of aromatic nitrogens is 1. The fourth-order valence-electron chi connectivity index (χ4n) is 3.48. The van der Waals surface area contributed by atoms with E-state index >= 15 is 0 Å². The number of urea groups is 1. The van der Waals surface area contributed by atoms with E-state index in [0.29, 0.717) is 10.9 Å². The monoisotopic (exact) mass is 387 g/mol. The average molecular weight is 388 g/mol. The Labute approximate surface area is 162 Å². The molecule has 6 heteroatoms. The Balaban J connectivity index is 1.38. The van der Waals surface area contributed by atoms with Crippen molar-refractivity contribution in [1.29, 1.82) is 0 Å². The Kier molecular flexibility index (Phi) is 4.79. The van der Waals surface area contributed by atoms with Gasteiger partial charge in [-0.25, -0.2) is 4.79 Å². The van der Waals surface area contributed by atoms with Crippen LogP contribution in [0.25, 0.3) is 10.9 Å². The number of carbonyl (C=O) groups excluding carboxylic acids is 1. The molecule has 2 aromatic carbocycles. The van der Waals surface area contributed by atoms with Crippen LogP contribution in [0.1, 0.15) is 24.5 Å². The maximum absolute atomic E-state index is 12.4. The summed E-state index contributed by atoms with van der Waals surface area (Å²) in [6.07, 6.45) is 1.88. The van der Waals surface area contributed by atoms with Crippen LogP contribution in [0.15, 0.2) is 48.5 Å². The molecule has 0 radical (unpaired) electrons. The number of carbonyl (C=O) groups is 1. The average Bonchev–Trinajstić information content (AvgIpc) is 3.07. The van der Waals surface area contributed by atoms with Crippen LogP contribution in [0.5, 0.6) is 0 Å². The number of amides is 2. The van der Waals surface area contributed by atoms with E-state index in [1.165, 1.54) is 5.69 Å². The molecule has 1 aliphatic heterocycles. The van der Waals surface area contributed by atoms with E-state index in [9.17, 15) is 4.79 Å². The second-order valence-corrected chi connectivity index (χ2v) is 7.53. The summed E-state index contributed by atoms with van der Waals surface area (Å²) in [5.74, 6) is 0.431. The second kappa shape index (κ2) is 7.22. The summed E-state index contributed by atoms with van der Waals surface area (Å²) in [4.78, 5) is 17.8. The molecular weight excluding hydrogens is 369 g/mol. The molecule has 3 aromatic rings. The molecule has 2 heterocycles. The number of halogens is 2. The number of H-pyrrole nitrogens is 1. The molecule has 0 unspecified atom stereocenters. The van der Waals surface area contributed by atoms with E-state index in [0.717, 1.165) is 47.5 Å². The Bertz CT molecular complexity index is 928. The van der Waals surface area contributed by atoms with Gasteiger partial charge in [0.2, 0.25) is 0 Å². The summed E-state index contributed by atoms with van der Waals surface area (Å²) < 4.78 is 0. The molecule has 0 spiro atoms. The zero-order chi connectivity index (χ0) is 18.1. The first-order valence-corrected chi connectivity index (χ1v) is 9.44. The number of anilines is 1. The summed E-state index contributed by atoms with van der Waals surface area (Å²) in [6, 6.07) is 15.2. The summed E-state index contributed by atoms with van der Waals surface area (Å²) in [5, 5.41) is 5.46. The number of fused-ring (bicyclic) bond motifs is 1. The minimum Gasteiger partial charge on any atom is -0.358 e. The van der Waals surface area contributed by atoms with E-state index in [1.54, 1.807) is 12.1 Å². The molecule has 134 valence electrons. The van der Waals surface area contributed by atoms with Gasteiger partial charge in [0.05, 0.1) is 0 Å². The van der Waals surface area contributed by atoms with Crippen LogP contribution in [-0.2, 0) is 0 Å². The van der Waals surface area contributed by atoms with Crippen LogP contribution in [-0.4, -0.2) is 29.0 Å². The van der Waals surface area contributed by atoms with Crippen LogP contribution in [0.4, 0.5) is 10.5 Å². The molecule has 2 amide bonds. The molecule has 26 heavy (non-hydrogen) atoms. The molecule has 4 nitrogen and oxygen atoms in total. The number of rotatable bonds is 2. The number of nitrogens with one attached hydrogen (secondary N) is 2. The van der Waals surface area contributed by atoms with Gasteiger partial charge in [0.1, 0.15) is 0 Å². The smallest absolute Gasteiger partial charge is 0.321 e. The Morgan fingerprint density at radius 1 is 1.00 bits per heavy atom. The summed E-state index contributed by atoms with van der Waals surface area (Å²) in [7, 11) is 0. The van der Waals surface area contributed by atoms with Gasteiger partial charge in [-0.3, -0.25) is 0 Å². The van der Waals surface area contributed by atoms with Gasteiger partial charge in [-0.05, 0) is 61.4 Å². The van der Waals surface area contributed by atoms with Crippen LogP contribution in [0, 0.1) is 0 Å². The van der Waals surface area contributed by atoms with E-state index in [1.807, 2.05) is 35.2 Å². The van der Waals surface area contributed by atoms with Gasteiger partial charge in [0, 0.05) is 51.3 Å². The van der Waals surface area contributed by atoms with Crippen molar-refractivity contribution in [2.75, 3.05) is 18.4 Å². The maximum Gasteiger partial charge on any atom is 0.321 e. The first-order valence-electron chi connectivity index (χ1n) is 8.68. The van der Waals surface area contributed by atoms with Crippen LogP contribution < -0.4 is 5.32 Å². The van der Waals surface area contributed by atoms with Crippen molar-refractivity contribution in [2.24, 2.45) is 0 Å². The zero-order valence-electron chi connectivity index (χ0n) is 14.1. The van der Waals surface area contributed by atoms with Crippen LogP contribution in [0.3, 0.4) is 0 Å². The lowest BCUT2D eigenvalue weighted by molar-refractivity contribution is 0.194. The third kappa shape index (κ3) is 3.67. The Hall–Kier alpha value is -2.17. The number of nitrogens with zero attached hydrogens (tertiary/aromatic N) is 1. The Morgan fingerprint density at radius 2 is 1.69 bits per heavy atom. The van der Waals surface area contributed by atoms with Crippen molar-refractivity contribution < 1.29 is 4.79 Å². The first kappa shape index (κ1) is 17.3. The molecule has 1 fully saturated rings. The largest absolute Gasteiger partial charge is 0.358 e. The van der Waals surface area contributed by atoms with Crippen LogP contribution in [0.2, 0.25) is 10.0 Å². The van der Waals surface area contributed by atoms with Gasteiger partial charge >= 0.3 is 6.03 Å². The number of piperidine rings is 1. The minimum atomic E-state index is -0.0609. The molecule has 0 aliphatic carbocycles. The van der Waals surface area contributed by atoms with E-state index in [-0.39, 0.29) is 6.03 Å². The molecule has 0 bridgehead atoms. The molecule has 1 aromatic heterocycles. The molecule has 0 saturated carbocycles. The number of benzene rings is 2. The van der Waals surface area contributed by atoms with E-state index in [4.69, 9.17) is 23.2 Å².